The summed E-state index contributed by atoms with van der Waals surface area (Å²) in [4.78, 5) is 31.1. The van der Waals surface area contributed by atoms with E-state index in [1.807, 2.05) is 20.8 Å². The molecule has 26 heavy (non-hydrogen) atoms. The lowest BCUT2D eigenvalue weighted by Crippen LogP contribution is -2.42. The van der Waals surface area contributed by atoms with Crippen molar-refractivity contribution >= 4 is 23.3 Å². The quantitative estimate of drug-likeness (QED) is 0.834. The molecular weight excluding hydrogens is 354 g/mol. The second-order valence-corrected chi connectivity index (χ2v) is 9.40. The van der Waals surface area contributed by atoms with Crippen LogP contribution in [0.15, 0.2) is 6.20 Å². The fourth-order valence-electron chi connectivity index (χ4n) is 2.92. The van der Waals surface area contributed by atoms with Crippen LogP contribution in [0.1, 0.15) is 62.3 Å². The number of aliphatic hydroxyl groups is 1. The lowest BCUT2D eigenvalue weighted by Gasteiger charge is -2.29. The average molecular weight is 384 g/mol. The Morgan fingerprint density at radius 3 is 2.73 bits per heavy atom. The van der Waals surface area contributed by atoms with Crippen LogP contribution in [0.25, 0.3) is 0 Å². The summed E-state index contributed by atoms with van der Waals surface area (Å²) in [5, 5.41) is 12.9. The third-order valence-corrected chi connectivity index (χ3v) is 5.81. The summed E-state index contributed by atoms with van der Waals surface area (Å²) < 4.78 is 5.29. The summed E-state index contributed by atoms with van der Waals surface area (Å²) in [6, 6.07) is 0. The zero-order valence-corrected chi connectivity index (χ0v) is 17.1. The van der Waals surface area contributed by atoms with Crippen molar-refractivity contribution < 1.29 is 19.4 Å². The van der Waals surface area contributed by atoms with Gasteiger partial charge >= 0.3 is 6.09 Å². The molecule has 2 heterocycles. The number of aliphatic hydroxyl groups excluding tert-OH is 1. The summed E-state index contributed by atoms with van der Waals surface area (Å²) in [5.41, 5.74) is -0.771. The fourth-order valence-corrected chi connectivity index (χ4v) is 3.74. The summed E-state index contributed by atoms with van der Waals surface area (Å²) >= 11 is 1.22. The molecule has 0 unspecified atom stereocenters. The topological polar surface area (TPSA) is 91.8 Å². The number of hydrogen-bond acceptors (Lipinski definition) is 6. The van der Waals surface area contributed by atoms with Crippen LogP contribution in [-0.2, 0) is 4.74 Å². The van der Waals surface area contributed by atoms with E-state index < -0.39 is 17.8 Å². The molecule has 0 aliphatic carbocycles. The number of likely N-dealkylation sites (tertiary alicyclic amines) is 1. The Bertz CT molecular complexity index is 668. The van der Waals surface area contributed by atoms with Crippen LogP contribution < -0.4 is 5.32 Å². The molecule has 2 N–H and O–H groups in total. The summed E-state index contributed by atoms with van der Waals surface area (Å²) in [7, 11) is 0. The average Bonchev–Trinajstić information content (AvgIpc) is 3.09. The Kier molecular flexibility index (Phi) is 5.97. The van der Waals surface area contributed by atoms with E-state index in [1.54, 1.807) is 11.8 Å². The normalized spacial score (nSPS) is 24.4. The van der Waals surface area contributed by atoms with E-state index in [4.69, 9.17) is 4.74 Å². The number of ether oxygens (including phenoxy) is 1. The second-order valence-electron chi connectivity index (χ2n) is 8.33. The van der Waals surface area contributed by atoms with E-state index in [0.717, 1.165) is 0 Å². The lowest BCUT2D eigenvalue weighted by molar-refractivity contribution is 0.0496. The van der Waals surface area contributed by atoms with Gasteiger partial charge in [0.1, 0.15) is 21.6 Å². The van der Waals surface area contributed by atoms with Gasteiger partial charge in [0.25, 0.3) is 5.91 Å². The van der Waals surface area contributed by atoms with Crippen LogP contribution in [0.3, 0.4) is 0 Å². The van der Waals surface area contributed by atoms with E-state index in [-0.39, 0.29) is 17.2 Å². The van der Waals surface area contributed by atoms with Crippen molar-refractivity contribution in [1.29, 1.82) is 0 Å². The van der Waals surface area contributed by atoms with Crippen molar-refractivity contribution in [3.05, 3.63) is 16.1 Å². The molecule has 146 valence electrons. The Morgan fingerprint density at radius 2 is 2.19 bits per heavy atom. The minimum Gasteiger partial charge on any atom is -0.444 e. The van der Waals surface area contributed by atoms with Crippen LogP contribution in [0, 0.1) is 11.3 Å². The molecule has 3 atom stereocenters. The van der Waals surface area contributed by atoms with Gasteiger partial charge in [-0.2, -0.15) is 0 Å². The molecule has 2 amide bonds. The third kappa shape index (κ3) is 4.94. The van der Waals surface area contributed by atoms with Gasteiger partial charge in [0.15, 0.2) is 0 Å². The number of carbonyl (C=O) groups is 2. The molecule has 8 heteroatoms. The van der Waals surface area contributed by atoms with Crippen molar-refractivity contribution in [1.82, 2.24) is 15.2 Å². The number of amides is 2. The first-order valence-electron chi connectivity index (χ1n) is 8.81. The van der Waals surface area contributed by atoms with Crippen LogP contribution >= 0.6 is 11.3 Å². The first-order chi connectivity index (χ1) is 11.9. The summed E-state index contributed by atoms with van der Waals surface area (Å²) in [6.07, 6.45) is 0.399. The maximum absolute atomic E-state index is 12.7. The summed E-state index contributed by atoms with van der Waals surface area (Å²) in [6.45, 7) is 12.8. The predicted octanol–water partition coefficient (Wildman–Crippen LogP) is 2.82. The van der Waals surface area contributed by atoms with Gasteiger partial charge < -0.3 is 20.1 Å². The number of aromatic nitrogens is 1. The van der Waals surface area contributed by atoms with Crippen LogP contribution in [0.5, 0.6) is 0 Å². The highest BCUT2D eigenvalue weighted by Gasteiger charge is 2.43. The Hall–Kier alpha value is -1.67. The number of alkyl carbamates (subject to hydrolysis) is 1. The molecule has 0 spiro atoms. The maximum atomic E-state index is 12.7. The van der Waals surface area contributed by atoms with Gasteiger partial charge in [-0.1, -0.05) is 13.8 Å². The molecule has 7 nitrogen and oxygen atoms in total. The zero-order valence-electron chi connectivity index (χ0n) is 16.3. The predicted molar refractivity (Wildman–Crippen MR) is 100 cm³/mol. The number of rotatable bonds is 4. The number of nitrogens with one attached hydrogen (secondary N) is 1. The lowest BCUT2D eigenvalue weighted by atomic mass is 9.81. The van der Waals surface area contributed by atoms with Gasteiger partial charge in [0.05, 0.1) is 6.20 Å². The molecule has 0 aromatic carbocycles. The third-order valence-electron chi connectivity index (χ3n) is 4.65. The fraction of sp³-hybridized carbons (Fsp3) is 0.722. The first kappa shape index (κ1) is 20.6. The van der Waals surface area contributed by atoms with Crippen molar-refractivity contribution in [2.24, 2.45) is 11.3 Å². The van der Waals surface area contributed by atoms with Crippen molar-refractivity contribution in [3.63, 3.8) is 0 Å². The van der Waals surface area contributed by atoms with Gasteiger partial charge in [0, 0.05) is 25.0 Å². The highest BCUT2D eigenvalue weighted by molar-refractivity contribution is 7.13. The Morgan fingerprint density at radius 1 is 1.54 bits per heavy atom. The second kappa shape index (κ2) is 7.52. The smallest absolute Gasteiger partial charge is 0.407 e. The zero-order chi connectivity index (χ0) is 19.7. The minimum atomic E-state index is -0.678. The van der Waals surface area contributed by atoms with Crippen molar-refractivity contribution in [3.8, 4) is 0 Å². The highest BCUT2D eigenvalue weighted by Crippen LogP contribution is 2.36. The van der Waals surface area contributed by atoms with E-state index in [1.165, 1.54) is 17.5 Å². The first-order valence-corrected chi connectivity index (χ1v) is 9.63. The van der Waals surface area contributed by atoms with Gasteiger partial charge in [0.2, 0.25) is 0 Å². The molecular formula is C18H29N3O4S. The van der Waals surface area contributed by atoms with Gasteiger partial charge in [-0.25, -0.2) is 9.78 Å². The molecule has 1 aliphatic heterocycles. The molecule has 0 radical (unpaired) electrons. The molecule has 1 saturated heterocycles. The molecule has 1 aliphatic rings. The summed E-state index contributed by atoms with van der Waals surface area (Å²) in [5.74, 6) is 0.146. The number of hydrogen-bond donors (Lipinski definition) is 2. The molecule has 2 rings (SSSR count). The molecule has 1 aromatic rings. The van der Waals surface area contributed by atoms with E-state index in [9.17, 15) is 14.7 Å². The van der Waals surface area contributed by atoms with Gasteiger partial charge in [-0.3, -0.25) is 4.79 Å². The standard InChI is InChI=1S/C18H29N3O4S/c1-11-8-21(15(23)13-7-19-14(26-13)12(2)22)10-18(11,6)9-20-16(24)25-17(3,4)5/h7,11-12,22H,8-10H2,1-6H3,(H,20,24)/t11-,12+,18-/m1/s1. The van der Waals surface area contributed by atoms with Crippen LogP contribution in [0.2, 0.25) is 0 Å². The van der Waals surface area contributed by atoms with Crippen LogP contribution in [-0.4, -0.2) is 52.2 Å². The number of carbonyl (C=O) groups excluding carboxylic acids is 2. The SMILES string of the molecule is C[C@H](O)c1ncc(C(=O)N2C[C@@H](C)[C@](C)(CNC(=O)OC(C)(C)C)C2)s1. The van der Waals surface area contributed by atoms with Crippen molar-refractivity contribution in [2.45, 2.75) is 53.2 Å². The Balaban J connectivity index is 1.98. The Labute approximate surface area is 158 Å². The number of nitrogens with zero attached hydrogens (tertiary/aromatic N) is 2. The molecule has 1 fully saturated rings. The maximum Gasteiger partial charge on any atom is 0.407 e. The van der Waals surface area contributed by atoms with Crippen molar-refractivity contribution in [2.75, 3.05) is 19.6 Å². The van der Waals surface area contributed by atoms with Gasteiger partial charge in [-0.15, -0.1) is 11.3 Å². The molecule has 1 aromatic heterocycles. The monoisotopic (exact) mass is 383 g/mol. The largest absolute Gasteiger partial charge is 0.444 e. The van der Waals surface area contributed by atoms with E-state index in [2.05, 4.69) is 24.1 Å². The van der Waals surface area contributed by atoms with E-state index >= 15 is 0 Å². The molecule has 0 saturated carbocycles. The number of thiazole rings is 1. The van der Waals surface area contributed by atoms with Crippen LogP contribution in [0.4, 0.5) is 4.79 Å². The highest BCUT2D eigenvalue weighted by atomic mass is 32.1. The minimum absolute atomic E-state index is 0.0813. The van der Waals surface area contributed by atoms with E-state index in [0.29, 0.717) is 29.5 Å². The molecule has 0 bridgehead atoms. The van der Waals surface area contributed by atoms with Gasteiger partial charge in [-0.05, 0) is 33.6 Å².